The normalized spacial score (nSPS) is 19.8. The molecular formula is C59H98O12S. The highest BCUT2D eigenvalue weighted by Crippen LogP contribution is 2.26. The van der Waals surface area contributed by atoms with Gasteiger partial charge in [0.2, 0.25) is 0 Å². The fourth-order valence-corrected chi connectivity index (χ4v) is 8.26. The van der Waals surface area contributed by atoms with Crippen LogP contribution in [0, 0.1) is 0 Å². The van der Waals surface area contributed by atoms with Gasteiger partial charge in [-0.2, -0.15) is 8.42 Å². The lowest BCUT2D eigenvalue weighted by atomic mass is 9.99. The maximum Gasteiger partial charge on any atom is 0.397 e. The van der Waals surface area contributed by atoms with E-state index >= 15 is 0 Å². The Balaban J connectivity index is 2.39. The number of allylic oxidation sites excluding steroid dienone is 18. The van der Waals surface area contributed by atoms with E-state index in [4.69, 9.17) is 18.9 Å². The minimum atomic E-state index is -5.08. The summed E-state index contributed by atoms with van der Waals surface area (Å²) in [5, 5.41) is 30.8. The summed E-state index contributed by atoms with van der Waals surface area (Å²) in [5.41, 5.74) is 0. The van der Waals surface area contributed by atoms with Gasteiger partial charge in [-0.05, 0) is 96.3 Å². The minimum absolute atomic E-state index is 0.00348. The fraction of sp³-hybridized carbons (Fsp3) is 0.678. The van der Waals surface area contributed by atoms with E-state index in [1.165, 1.54) is 83.5 Å². The molecule has 72 heavy (non-hydrogen) atoms. The van der Waals surface area contributed by atoms with Crippen molar-refractivity contribution in [2.75, 3.05) is 26.4 Å². The summed E-state index contributed by atoms with van der Waals surface area (Å²) in [4.78, 5) is 12.9. The van der Waals surface area contributed by atoms with Gasteiger partial charge in [0.05, 0.1) is 19.8 Å². The molecule has 4 N–H and O–H groups in total. The lowest BCUT2D eigenvalue weighted by Gasteiger charge is -2.41. The highest BCUT2D eigenvalue weighted by Gasteiger charge is 2.48. The minimum Gasteiger partial charge on any atom is -0.457 e. The number of unbranched alkanes of at least 4 members (excludes halogenated alkanes) is 16. The molecule has 0 saturated carbocycles. The van der Waals surface area contributed by atoms with Crippen LogP contribution in [0.5, 0.6) is 0 Å². The molecule has 0 radical (unpaired) electrons. The van der Waals surface area contributed by atoms with Gasteiger partial charge >= 0.3 is 16.4 Å². The molecule has 0 aromatic carbocycles. The molecule has 12 nitrogen and oxygen atoms in total. The van der Waals surface area contributed by atoms with Crippen LogP contribution in [0.3, 0.4) is 0 Å². The Bertz CT molecular complexity index is 1660. The maximum atomic E-state index is 12.9. The molecule has 1 rings (SSSR count). The number of rotatable bonds is 47. The second-order valence-electron chi connectivity index (χ2n) is 18.4. The smallest absolute Gasteiger partial charge is 0.397 e. The van der Waals surface area contributed by atoms with Crippen LogP contribution in [0.1, 0.15) is 194 Å². The number of ether oxygens (including phenoxy) is 4. The average Bonchev–Trinajstić information content (AvgIpc) is 3.36. The zero-order valence-corrected chi connectivity index (χ0v) is 45.3. The molecule has 0 amide bonds. The molecule has 0 aromatic heterocycles. The van der Waals surface area contributed by atoms with Crippen molar-refractivity contribution in [3.63, 3.8) is 0 Å². The van der Waals surface area contributed by atoms with E-state index in [0.717, 1.165) is 77.0 Å². The van der Waals surface area contributed by atoms with E-state index in [2.05, 4.69) is 121 Å². The SMILES string of the molecule is CC/C=C\C/C=C\C/C=C\C/C=C\C/C=C\C/C=C\C/C=C\CCCC(=O)OC(COCCCCCCCCCCCC/C=C\C/C=C\CCCCCCC)COC1OC(CO)C(O)C(OS(=O)(=O)O)C1O. The zero-order valence-electron chi connectivity index (χ0n) is 44.4. The Morgan fingerprint density at radius 1 is 0.542 bits per heavy atom. The van der Waals surface area contributed by atoms with Crippen molar-refractivity contribution >= 4 is 16.4 Å². The molecule has 0 spiro atoms. The Morgan fingerprint density at radius 2 is 0.958 bits per heavy atom. The first-order valence-electron chi connectivity index (χ1n) is 27.6. The van der Waals surface area contributed by atoms with Crippen molar-refractivity contribution < 1.29 is 56.2 Å². The van der Waals surface area contributed by atoms with Crippen molar-refractivity contribution in [2.45, 2.75) is 230 Å². The van der Waals surface area contributed by atoms with Gasteiger partial charge < -0.3 is 34.3 Å². The van der Waals surface area contributed by atoms with Gasteiger partial charge in [-0.1, -0.05) is 200 Å². The molecular weight excluding hydrogens is 933 g/mol. The van der Waals surface area contributed by atoms with E-state index in [9.17, 15) is 33.1 Å². The summed E-state index contributed by atoms with van der Waals surface area (Å²) in [6.45, 7) is 3.79. The summed E-state index contributed by atoms with van der Waals surface area (Å²) >= 11 is 0. The Labute approximate surface area is 437 Å². The van der Waals surface area contributed by atoms with Gasteiger partial charge in [0, 0.05) is 13.0 Å². The van der Waals surface area contributed by atoms with Gasteiger partial charge in [-0.3, -0.25) is 9.35 Å². The number of aliphatic hydroxyl groups excluding tert-OH is 3. The van der Waals surface area contributed by atoms with Crippen LogP contribution >= 0.6 is 0 Å². The van der Waals surface area contributed by atoms with E-state index < -0.39 is 59.8 Å². The average molecular weight is 1030 g/mol. The molecule has 1 aliphatic heterocycles. The van der Waals surface area contributed by atoms with Gasteiger partial charge in [0.25, 0.3) is 0 Å². The van der Waals surface area contributed by atoms with Gasteiger partial charge in [-0.25, -0.2) is 4.18 Å². The Kier molecular flexibility index (Phi) is 45.2. The molecule has 412 valence electrons. The molecule has 6 atom stereocenters. The molecule has 0 aliphatic carbocycles. The summed E-state index contributed by atoms with van der Waals surface area (Å²) < 4.78 is 59.3. The third-order valence-electron chi connectivity index (χ3n) is 11.9. The standard InChI is InChI=1S/C59H98O12S/c1-3-5-7-9-11-13-15-17-19-21-23-25-27-28-30-32-34-36-38-40-42-44-46-48-55(61)69-53(52-68-59-57(63)58(71-72(64,65)66)56(62)54(50-60)70-59)51-67-49-47-45-43-41-39-37-35-33-31-29-26-24-22-20-18-16-14-12-10-8-6-4-2/h5,7,11,13,16-19,22-25,28,30,34,36,40,42,53-54,56-60,62-63H,3-4,6,8-10,12,14-15,20-21,26-27,29,31-33,35,37-39,41,43-52H2,1-2H3,(H,64,65,66)/b7-5-,13-11-,18-16-,19-17-,24-22-,25-23-,30-28-,36-34-,42-40-. The zero-order chi connectivity index (χ0) is 52.4. The van der Waals surface area contributed by atoms with Crippen LogP contribution in [-0.4, -0.2) is 97.5 Å². The third kappa shape index (κ3) is 41.1. The van der Waals surface area contributed by atoms with Gasteiger partial charge in [0.15, 0.2) is 6.29 Å². The van der Waals surface area contributed by atoms with E-state index in [1.807, 2.05) is 6.08 Å². The van der Waals surface area contributed by atoms with Crippen LogP contribution in [0.4, 0.5) is 0 Å². The predicted octanol–water partition coefficient (Wildman–Crippen LogP) is 13.5. The molecule has 0 bridgehead atoms. The van der Waals surface area contributed by atoms with Crippen molar-refractivity contribution in [1.29, 1.82) is 0 Å². The first-order valence-corrected chi connectivity index (χ1v) is 29.0. The lowest BCUT2D eigenvalue weighted by molar-refractivity contribution is -0.301. The molecule has 6 unspecified atom stereocenters. The largest absolute Gasteiger partial charge is 0.457 e. The molecule has 1 aliphatic rings. The second kappa shape index (κ2) is 48.7. The summed E-state index contributed by atoms with van der Waals surface area (Å²) in [6.07, 6.45) is 59.8. The molecule has 0 aromatic rings. The van der Waals surface area contributed by atoms with E-state index in [1.54, 1.807) is 0 Å². The van der Waals surface area contributed by atoms with Crippen LogP contribution in [-0.2, 0) is 38.3 Å². The van der Waals surface area contributed by atoms with Gasteiger partial charge in [-0.15, -0.1) is 0 Å². The van der Waals surface area contributed by atoms with Crippen LogP contribution in [0.2, 0.25) is 0 Å². The molecule has 1 saturated heterocycles. The number of hydrogen-bond acceptors (Lipinski definition) is 11. The number of hydrogen-bond donors (Lipinski definition) is 4. The summed E-state index contributed by atoms with van der Waals surface area (Å²) in [5.74, 6) is -0.460. The Hall–Kier alpha value is -3.24. The van der Waals surface area contributed by atoms with Crippen molar-refractivity contribution in [3.05, 3.63) is 109 Å². The van der Waals surface area contributed by atoms with Gasteiger partial charge in [0.1, 0.15) is 30.5 Å². The van der Waals surface area contributed by atoms with Crippen LogP contribution in [0.15, 0.2) is 109 Å². The molecule has 13 heteroatoms. The summed E-state index contributed by atoms with van der Waals surface area (Å²) in [7, 11) is -5.08. The molecule has 1 heterocycles. The van der Waals surface area contributed by atoms with Crippen LogP contribution in [0.25, 0.3) is 0 Å². The fourth-order valence-electron chi connectivity index (χ4n) is 7.75. The first-order chi connectivity index (χ1) is 35.1. The van der Waals surface area contributed by atoms with Crippen molar-refractivity contribution in [3.8, 4) is 0 Å². The molecule has 1 fully saturated rings. The Morgan fingerprint density at radius 3 is 1.40 bits per heavy atom. The van der Waals surface area contributed by atoms with Crippen molar-refractivity contribution in [1.82, 2.24) is 0 Å². The predicted molar refractivity (Wildman–Crippen MR) is 294 cm³/mol. The number of aliphatic hydroxyl groups is 3. The highest BCUT2D eigenvalue weighted by atomic mass is 32.3. The number of esters is 1. The highest BCUT2D eigenvalue weighted by molar-refractivity contribution is 7.80. The maximum absolute atomic E-state index is 12.9. The van der Waals surface area contributed by atoms with Crippen LogP contribution < -0.4 is 0 Å². The van der Waals surface area contributed by atoms with Crippen molar-refractivity contribution in [2.24, 2.45) is 0 Å². The topological polar surface area (TPSA) is 178 Å². The lowest BCUT2D eigenvalue weighted by Crippen LogP contribution is -2.60. The quantitative estimate of drug-likeness (QED) is 0.0197. The summed E-state index contributed by atoms with van der Waals surface area (Å²) in [6, 6.07) is 0. The first kappa shape index (κ1) is 66.8. The number of carbonyl (C=O) groups excluding carboxylic acids is 1. The van der Waals surface area contributed by atoms with E-state index in [0.29, 0.717) is 19.4 Å². The number of carbonyl (C=O) groups is 1. The monoisotopic (exact) mass is 1030 g/mol. The van der Waals surface area contributed by atoms with E-state index in [-0.39, 0.29) is 19.6 Å². The third-order valence-corrected chi connectivity index (χ3v) is 12.3. The second-order valence-corrected chi connectivity index (χ2v) is 19.5.